The fraction of sp³-hybridized carbons (Fsp3) is 0.200. The number of hydrogen-bond donors (Lipinski definition) is 1. The van der Waals surface area contributed by atoms with Crippen LogP contribution in [0, 0.1) is 17.0 Å². The van der Waals surface area contributed by atoms with E-state index in [1.165, 1.54) is 12.1 Å². The molecule has 0 radical (unpaired) electrons. The number of nitro benzene ring substituents is 1. The molecule has 0 saturated heterocycles. The van der Waals surface area contributed by atoms with Crippen LogP contribution in [-0.2, 0) is 4.79 Å². The standard InChI is InChI=1S/C15H11ClN2O5/c1-7-4-12-14(15(20)17-7)9(6-13(19)23-12)8-2-3-10(16)11(5-8)18(21)22/h2-5,9H,6H2,1H3,(H,17,20). The summed E-state index contributed by atoms with van der Waals surface area (Å²) in [5.41, 5.74) is 0.660. The van der Waals surface area contributed by atoms with Crippen LogP contribution in [0.5, 0.6) is 5.75 Å². The number of carbonyl (C=O) groups excluding carboxylic acids is 1. The van der Waals surface area contributed by atoms with E-state index in [4.69, 9.17) is 16.3 Å². The predicted molar refractivity (Wildman–Crippen MR) is 82.0 cm³/mol. The number of fused-ring (bicyclic) bond motifs is 1. The van der Waals surface area contributed by atoms with Crippen LogP contribution in [0.2, 0.25) is 5.02 Å². The number of aromatic amines is 1. The van der Waals surface area contributed by atoms with Crippen molar-refractivity contribution in [1.29, 1.82) is 0 Å². The van der Waals surface area contributed by atoms with Gasteiger partial charge in [-0.1, -0.05) is 17.7 Å². The number of nitrogens with zero attached hydrogens (tertiary/aromatic N) is 1. The number of carbonyl (C=O) groups is 1. The molecule has 0 spiro atoms. The second-order valence-corrected chi connectivity index (χ2v) is 5.67. The summed E-state index contributed by atoms with van der Waals surface area (Å²) < 4.78 is 5.13. The highest BCUT2D eigenvalue weighted by molar-refractivity contribution is 6.32. The van der Waals surface area contributed by atoms with E-state index in [-0.39, 0.29) is 34.0 Å². The van der Waals surface area contributed by atoms with E-state index in [1.807, 2.05) is 0 Å². The molecule has 23 heavy (non-hydrogen) atoms. The minimum absolute atomic E-state index is 0.00447. The number of aryl methyl sites for hydroxylation is 1. The molecule has 1 aliphatic heterocycles. The van der Waals surface area contributed by atoms with Crippen LogP contribution < -0.4 is 10.3 Å². The average Bonchev–Trinajstić information content (AvgIpc) is 2.45. The molecule has 0 bridgehead atoms. The molecule has 118 valence electrons. The molecule has 0 aliphatic carbocycles. The molecule has 1 aromatic heterocycles. The molecule has 1 aromatic carbocycles. The number of hydrogen-bond acceptors (Lipinski definition) is 5. The van der Waals surface area contributed by atoms with Gasteiger partial charge in [0.1, 0.15) is 10.8 Å². The van der Waals surface area contributed by atoms with Crippen LogP contribution in [-0.4, -0.2) is 15.9 Å². The normalized spacial score (nSPS) is 16.6. The number of benzene rings is 1. The van der Waals surface area contributed by atoms with Crippen molar-refractivity contribution in [3.8, 4) is 5.75 Å². The molecule has 2 aromatic rings. The van der Waals surface area contributed by atoms with Crippen LogP contribution in [0.3, 0.4) is 0 Å². The van der Waals surface area contributed by atoms with E-state index in [0.29, 0.717) is 11.3 Å². The molecular formula is C15H11ClN2O5. The van der Waals surface area contributed by atoms with E-state index in [1.54, 1.807) is 19.1 Å². The minimum Gasteiger partial charge on any atom is -0.426 e. The average molecular weight is 335 g/mol. The maximum Gasteiger partial charge on any atom is 0.312 e. The van der Waals surface area contributed by atoms with Gasteiger partial charge in [-0.05, 0) is 18.6 Å². The Kier molecular flexibility index (Phi) is 3.65. The minimum atomic E-state index is -0.619. The zero-order valence-electron chi connectivity index (χ0n) is 12.0. The first kappa shape index (κ1) is 15.2. The second-order valence-electron chi connectivity index (χ2n) is 5.26. The third kappa shape index (κ3) is 2.70. The molecule has 0 amide bonds. The number of ether oxygens (including phenoxy) is 1. The first-order valence-electron chi connectivity index (χ1n) is 6.75. The van der Waals surface area contributed by atoms with Crippen molar-refractivity contribution >= 4 is 23.3 Å². The lowest BCUT2D eigenvalue weighted by molar-refractivity contribution is -0.384. The van der Waals surface area contributed by atoms with Gasteiger partial charge < -0.3 is 9.72 Å². The monoisotopic (exact) mass is 334 g/mol. The molecular weight excluding hydrogens is 324 g/mol. The molecule has 2 heterocycles. The number of halogens is 1. The van der Waals surface area contributed by atoms with Gasteiger partial charge in [-0.2, -0.15) is 0 Å². The van der Waals surface area contributed by atoms with Gasteiger partial charge in [0.05, 0.1) is 16.9 Å². The quantitative estimate of drug-likeness (QED) is 0.516. The molecule has 1 aliphatic rings. The van der Waals surface area contributed by atoms with Crippen molar-refractivity contribution in [3.63, 3.8) is 0 Å². The number of nitrogens with one attached hydrogen (secondary N) is 1. The highest BCUT2D eigenvalue weighted by Gasteiger charge is 2.32. The third-order valence-corrected chi connectivity index (χ3v) is 4.00. The van der Waals surface area contributed by atoms with Crippen molar-refractivity contribution in [1.82, 2.24) is 4.98 Å². The molecule has 7 nitrogen and oxygen atoms in total. The lowest BCUT2D eigenvalue weighted by atomic mass is 9.87. The Morgan fingerprint density at radius 3 is 2.78 bits per heavy atom. The van der Waals surface area contributed by atoms with Gasteiger partial charge in [-0.3, -0.25) is 19.7 Å². The summed E-state index contributed by atoms with van der Waals surface area (Å²) in [5, 5.41) is 11.0. The van der Waals surface area contributed by atoms with Crippen molar-refractivity contribution in [2.24, 2.45) is 0 Å². The predicted octanol–water partition coefficient (Wildman–Crippen LogP) is 2.69. The van der Waals surface area contributed by atoms with Crippen LogP contribution in [0.25, 0.3) is 0 Å². The zero-order valence-corrected chi connectivity index (χ0v) is 12.7. The number of esters is 1. The van der Waals surface area contributed by atoms with Gasteiger partial charge in [-0.15, -0.1) is 0 Å². The van der Waals surface area contributed by atoms with Crippen molar-refractivity contribution in [2.45, 2.75) is 19.3 Å². The van der Waals surface area contributed by atoms with Gasteiger partial charge in [-0.25, -0.2) is 0 Å². The number of rotatable bonds is 2. The SMILES string of the molecule is Cc1cc2c(c(=O)[nH]1)C(c1ccc(Cl)c([N+](=O)[O-])c1)CC(=O)O2. The van der Waals surface area contributed by atoms with E-state index in [9.17, 15) is 19.7 Å². The highest BCUT2D eigenvalue weighted by Crippen LogP contribution is 2.38. The van der Waals surface area contributed by atoms with E-state index < -0.39 is 16.8 Å². The Morgan fingerprint density at radius 2 is 2.09 bits per heavy atom. The lowest BCUT2D eigenvalue weighted by Gasteiger charge is -2.24. The number of nitro groups is 1. The summed E-state index contributed by atoms with van der Waals surface area (Å²) >= 11 is 5.81. The summed E-state index contributed by atoms with van der Waals surface area (Å²) in [7, 11) is 0. The summed E-state index contributed by atoms with van der Waals surface area (Å²) in [5.74, 6) is -0.929. The van der Waals surface area contributed by atoms with Crippen LogP contribution in [0.15, 0.2) is 29.1 Å². The second kappa shape index (κ2) is 5.51. The lowest BCUT2D eigenvalue weighted by Crippen LogP contribution is -2.28. The largest absolute Gasteiger partial charge is 0.426 e. The number of pyridine rings is 1. The summed E-state index contributed by atoms with van der Waals surface area (Å²) in [4.78, 5) is 37.2. The fourth-order valence-electron chi connectivity index (χ4n) is 2.69. The van der Waals surface area contributed by atoms with Gasteiger partial charge in [0.15, 0.2) is 0 Å². The van der Waals surface area contributed by atoms with E-state index >= 15 is 0 Å². The summed E-state index contributed by atoms with van der Waals surface area (Å²) in [6.07, 6.45) is -0.0715. The van der Waals surface area contributed by atoms with Crippen molar-refractivity contribution in [3.05, 3.63) is 66.6 Å². The van der Waals surface area contributed by atoms with E-state index in [0.717, 1.165) is 0 Å². The van der Waals surface area contributed by atoms with E-state index in [2.05, 4.69) is 4.98 Å². The van der Waals surface area contributed by atoms with Crippen molar-refractivity contribution < 1.29 is 14.5 Å². The summed E-state index contributed by atoms with van der Waals surface area (Å²) in [6, 6.07) is 5.80. The Balaban J connectivity index is 2.19. The fourth-order valence-corrected chi connectivity index (χ4v) is 2.87. The first-order chi connectivity index (χ1) is 10.9. The maximum atomic E-state index is 12.3. The zero-order chi connectivity index (χ0) is 16.7. The molecule has 1 N–H and O–H groups in total. The highest BCUT2D eigenvalue weighted by atomic mass is 35.5. The molecule has 0 fully saturated rings. The van der Waals surface area contributed by atoms with Gasteiger partial charge in [0, 0.05) is 23.7 Å². The Labute approximate surface area is 135 Å². The molecule has 3 rings (SSSR count). The van der Waals surface area contributed by atoms with Crippen LogP contribution >= 0.6 is 11.6 Å². The van der Waals surface area contributed by atoms with Gasteiger partial charge >= 0.3 is 5.97 Å². The molecule has 1 unspecified atom stereocenters. The number of H-pyrrole nitrogens is 1. The van der Waals surface area contributed by atoms with Crippen LogP contribution in [0.1, 0.15) is 29.2 Å². The van der Waals surface area contributed by atoms with Crippen molar-refractivity contribution in [2.75, 3.05) is 0 Å². The Morgan fingerprint density at radius 1 is 1.35 bits per heavy atom. The molecule has 0 saturated carbocycles. The van der Waals surface area contributed by atoms with Crippen LogP contribution in [0.4, 0.5) is 5.69 Å². The van der Waals surface area contributed by atoms with Gasteiger partial charge in [0.2, 0.25) is 0 Å². The number of aromatic nitrogens is 1. The smallest absolute Gasteiger partial charge is 0.312 e. The summed E-state index contributed by atoms with van der Waals surface area (Å²) in [6.45, 7) is 1.67. The topological polar surface area (TPSA) is 102 Å². The Hall–Kier alpha value is -2.67. The molecule has 1 atom stereocenters. The molecule has 8 heteroatoms. The maximum absolute atomic E-state index is 12.3. The van der Waals surface area contributed by atoms with Gasteiger partial charge in [0.25, 0.3) is 11.2 Å². The first-order valence-corrected chi connectivity index (χ1v) is 7.13. The Bertz CT molecular complexity index is 890. The third-order valence-electron chi connectivity index (χ3n) is 3.68.